The second-order valence-corrected chi connectivity index (χ2v) is 9.95. The number of guanidine groups is 1. The fourth-order valence-corrected chi connectivity index (χ4v) is 5.76. The van der Waals surface area contributed by atoms with E-state index in [-0.39, 0.29) is 24.0 Å². The number of benzene rings is 1. The molecule has 4 unspecified atom stereocenters. The van der Waals surface area contributed by atoms with Gasteiger partial charge in [0.05, 0.1) is 6.54 Å². The van der Waals surface area contributed by atoms with Crippen LogP contribution in [-0.4, -0.2) is 52.9 Å². The van der Waals surface area contributed by atoms with Crippen LogP contribution in [0.1, 0.15) is 52.0 Å². The Bertz CT molecular complexity index is 699. The molecule has 29 heavy (non-hydrogen) atoms. The van der Waals surface area contributed by atoms with Crippen LogP contribution in [0.3, 0.4) is 0 Å². The van der Waals surface area contributed by atoms with Gasteiger partial charge in [0.1, 0.15) is 0 Å². The maximum atomic E-state index is 12.2. The number of fused-ring (bicyclic) bond motifs is 1. The molecule has 1 aromatic rings. The lowest BCUT2D eigenvalue weighted by Crippen LogP contribution is -2.47. The number of anilines is 1. The van der Waals surface area contributed by atoms with Crippen LogP contribution in [0.25, 0.3) is 0 Å². The summed E-state index contributed by atoms with van der Waals surface area (Å²) in [5, 5.41) is 7.35. The number of para-hydroxylation sites is 1. The molecule has 1 aliphatic carbocycles. The van der Waals surface area contributed by atoms with Crippen LogP contribution in [0.4, 0.5) is 5.69 Å². The number of nitrogens with one attached hydrogen (secondary N) is 2. The lowest BCUT2D eigenvalue weighted by atomic mass is 9.95. The molecule has 2 N–H and O–H groups in total. The van der Waals surface area contributed by atoms with E-state index >= 15 is 0 Å². The molecule has 1 aliphatic heterocycles. The summed E-state index contributed by atoms with van der Waals surface area (Å²) in [4.78, 5) is 7.37. The van der Waals surface area contributed by atoms with Crippen molar-refractivity contribution < 1.29 is 4.21 Å². The van der Waals surface area contributed by atoms with Crippen molar-refractivity contribution in [3.8, 4) is 0 Å². The first kappa shape index (κ1) is 24.4. The highest BCUT2D eigenvalue weighted by atomic mass is 127. The van der Waals surface area contributed by atoms with Crippen molar-refractivity contribution in [2.45, 2.75) is 70.2 Å². The molecule has 1 heterocycles. The monoisotopic (exact) mass is 532 g/mol. The number of hydrogen-bond acceptors (Lipinski definition) is 3. The van der Waals surface area contributed by atoms with Crippen LogP contribution >= 0.6 is 24.0 Å². The molecule has 0 radical (unpaired) electrons. The van der Waals surface area contributed by atoms with Crippen LogP contribution < -0.4 is 15.5 Å². The van der Waals surface area contributed by atoms with Gasteiger partial charge in [0.2, 0.25) is 0 Å². The first-order valence-electron chi connectivity index (χ1n) is 10.9. The third-order valence-corrected chi connectivity index (χ3v) is 7.68. The van der Waals surface area contributed by atoms with Gasteiger partial charge >= 0.3 is 0 Å². The third kappa shape index (κ3) is 6.57. The van der Waals surface area contributed by atoms with Crippen molar-refractivity contribution in [2.24, 2.45) is 4.99 Å². The van der Waals surface area contributed by atoms with E-state index in [4.69, 9.17) is 4.99 Å². The zero-order valence-electron chi connectivity index (χ0n) is 18.0. The molecule has 1 fully saturated rings. The smallest absolute Gasteiger partial charge is 0.191 e. The zero-order valence-corrected chi connectivity index (χ0v) is 21.2. The van der Waals surface area contributed by atoms with Crippen LogP contribution in [0.2, 0.25) is 0 Å². The molecule has 164 valence electrons. The van der Waals surface area contributed by atoms with Gasteiger partial charge in [-0.15, -0.1) is 24.0 Å². The summed E-state index contributed by atoms with van der Waals surface area (Å²) in [6, 6.07) is 9.44. The van der Waals surface area contributed by atoms with Crippen LogP contribution in [0.5, 0.6) is 0 Å². The van der Waals surface area contributed by atoms with E-state index in [1.165, 1.54) is 11.3 Å². The van der Waals surface area contributed by atoms with Gasteiger partial charge in [-0.2, -0.15) is 0 Å². The van der Waals surface area contributed by atoms with E-state index < -0.39 is 10.8 Å². The summed E-state index contributed by atoms with van der Waals surface area (Å²) in [6.07, 6.45) is 5.49. The zero-order chi connectivity index (χ0) is 19.9. The summed E-state index contributed by atoms with van der Waals surface area (Å²) in [6.45, 7) is 9.08. The van der Waals surface area contributed by atoms with Crippen molar-refractivity contribution in [1.29, 1.82) is 0 Å². The topological polar surface area (TPSA) is 56.7 Å². The molecular weight excluding hydrogens is 495 g/mol. The standard InChI is InChI=1S/C22H36N4OS.HI/c1-4-23-22(25-19-10-8-11-20(15-19)28(27)5-2)24-16-17(3)26-14-13-18-9-6-7-12-21(18)26;/h6-7,9,12,17,19-20H,4-5,8,10-11,13-16H2,1-3H3,(H2,23,24,25);1H. The summed E-state index contributed by atoms with van der Waals surface area (Å²) in [5.74, 6) is 1.66. The predicted octanol–water partition coefficient (Wildman–Crippen LogP) is 3.69. The highest BCUT2D eigenvalue weighted by Gasteiger charge is 2.26. The Morgan fingerprint density at radius 1 is 1.31 bits per heavy atom. The molecule has 3 rings (SSSR count). The molecule has 0 aromatic heterocycles. The quantitative estimate of drug-likeness (QED) is 0.320. The van der Waals surface area contributed by atoms with Crippen molar-refractivity contribution >= 4 is 46.4 Å². The Morgan fingerprint density at radius 2 is 2.10 bits per heavy atom. The third-order valence-electron chi connectivity index (χ3n) is 5.94. The molecule has 4 atom stereocenters. The van der Waals surface area contributed by atoms with Crippen molar-refractivity contribution in [3.63, 3.8) is 0 Å². The lowest BCUT2D eigenvalue weighted by molar-refractivity contribution is 0.413. The van der Waals surface area contributed by atoms with E-state index in [9.17, 15) is 4.21 Å². The Kier molecular flexibility index (Phi) is 10.2. The summed E-state index contributed by atoms with van der Waals surface area (Å²) in [5.41, 5.74) is 2.81. The molecule has 1 saturated carbocycles. The summed E-state index contributed by atoms with van der Waals surface area (Å²) in [7, 11) is -0.694. The van der Waals surface area contributed by atoms with E-state index in [0.717, 1.165) is 63.5 Å². The molecular formula is C22H37IN4OS. The summed E-state index contributed by atoms with van der Waals surface area (Å²) >= 11 is 0. The molecule has 0 amide bonds. The van der Waals surface area contributed by atoms with Crippen molar-refractivity contribution in [2.75, 3.05) is 30.3 Å². The normalized spacial score (nSPS) is 23.7. The van der Waals surface area contributed by atoms with E-state index in [0.29, 0.717) is 17.3 Å². The van der Waals surface area contributed by atoms with Crippen LogP contribution in [0, 0.1) is 0 Å². The summed E-state index contributed by atoms with van der Waals surface area (Å²) < 4.78 is 12.2. The number of nitrogens with zero attached hydrogens (tertiary/aromatic N) is 2. The fourth-order valence-electron chi connectivity index (χ4n) is 4.41. The minimum Gasteiger partial charge on any atom is -0.366 e. The predicted molar refractivity (Wildman–Crippen MR) is 136 cm³/mol. The number of aliphatic imine (C=N–C) groups is 1. The van der Waals surface area contributed by atoms with Crippen LogP contribution in [0.15, 0.2) is 29.3 Å². The second kappa shape index (κ2) is 12.1. The molecule has 7 heteroatoms. The number of hydrogen-bond donors (Lipinski definition) is 2. The maximum absolute atomic E-state index is 12.2. The Labute approximate surface area is 196 Å². The molecule has 2 aliphatic rings. The Morgan fingerprint density at radius 3 is 2.86 bits per heavy atom. The Hall–Kier alpha value is -0.830. The van der Waals surface area contributed by atoms with Gasteiger partial charge in [0.25, 0.3) is 0 Å². The van der Waals surface area contributed by atoms with Crippen molar-refractivity contribution in [1.82, 2.24) is 10.6 Å². The van der Waals surface area contributed by atoms with Gasteiger partial charge in [-0.05, 0) is 51.2 Å². The molecule has 0 bridgehead atoms. The van der Waals surface area contributed by atoms with E-state index in [1.807, 2.05) is 6.92 Å². The minimum absolute atomic E-state index is 0. The highest BCUT2D eigenvalue weighted by Crippen LogP contribution is 2.29. The van der Waals surface area contributed by atoms with Gasteiger partial charge in [0, 0.05) is 52.7 Å². The average Bonchev–Trinajstić information content (AvgIpc) is 3.16. The minimum atomic E-state index is -0.694. The van der Waals surface area contributed by atoms with Gasteiger partial charge in [-0.25, -0.2) is 0 Å². The van der Waals surface area contributed by atoms with E-state index in [1.54, 1.807) is 0 Å². The second-order valence-electron chi connectivity index (χ2n) is 7.94. The molecule has 5 nitrogen and oxygen atoms in total. The van der Waals surface area contributed by atoms with Gasteiger partial charge in [0.15, 0.2) is 5.96 Å². The SMILES string of the molecule is CCNC(=NCC(C)N1CCc2ccccc21)NC1CCCC(S(=O)CC)C1.I. The highest BCUT2D eigenvalue weighted by molar-refractivity contribution is 14.0. The Balaban J connectivity index is 0.00000300. The van der Waals surface area contributed by atoms with Gasteiger partial charge < -0.3 is 15.5 Å². The molecule has 0 saturated heterocycles. The van der Waals surface area contributed by atoms with Gasteiger partial charge in [-0.1, -0.05) is 31.5 Å². The van der Waals surface area contributed by atoms with Crippen LogP contribution in [-0.2, 0) is 17.2 Å². The fraction of sp³-hybridized carbons (Fsp3) is 0.682. The largest absolute Gasteiger partial charge is 0.366 e. The lowest BCUT2D eigenvalue weighted by Gasteiger charge is -2.30. The average molecular weight is 533 g/mol. The number of halogens is 1. The maximum Gasteiger partial charge on any atom is 0.191 e. The van der Waals surface area contributed by atoms with Gasteiger partial charge in [-0.3, -0.25) is 9.20 Å². The molecule has 0 spiro atoms. The molecule has 1 aromatic carbocycles. The first-order valence-corrected chi connectivity index (χ1v) is 12.3. The van der Waals surface area contributed by atoms with Crippen molar-refractivity contribution in [3.05, 3.63) is 29.8 Å². The van der Waals surface area contributed by atoms with E-state index in [2.05, 4.69) is 53.6 Å². The first-order chi connectivity index (χ1) is 13.6. The number of rotatable bonds is 7.